The summed E-state index contributed by atoms with van der Waals surface area (Å²) in [5.74, 6) is 0.128. The molecule has 0 amide bonds. The van der Waals surface area contributed by atoms with Crippen molar-refractivity contribution in [1.29, 1.82) is 0 Å². The van der Waals surface area contributed by atoms with Crippen LogP contribution >= 0.6 is 0 Å². The molecule has 5 rings (SSSR count). The first kappa shape index (κ1) is 18.3. The number of nitrogens with two attached hydrogens (primary N) is 2. The number of anilines is 2. The van der Waals surface area contributed by atoms with Gasteiger partial charge in [0.1, 0.15) is 23.8 Å². The average molecular weight is 398 g/mol. The van der Waals surface area contributed by atoms with Gasteiger partial charge in [0.2, 0.25) is 5.95 Å². The van der Waals surface area contributed by atoms with Gasteiger partial charge in [0.15, 0.2) is 17.7 Å². The second-order valence-electron chi connectivity index (χ2n) is 7.40. The van der Waals surface area contributed by atoms with Gasteiger partial charge in [-0.2, -0.15) is 9.97 Å². The molecule has 1 aliphatic heterocycles. The number of rotatable bonds is 4. The third-order valence-corrected chi connectivity index (χ3v) is 5.62. The molecule has 1 fully saturated rings. The van der Waals surface area contributed by atoms with Crippen molar-refractivity contribution in [2.24, 2.45) is 0 Å². The van der Waals surface area contributed by atoms with Gasteiger partial charge in [-0.1, -0.05) is 24.3 Å². The van der Waals surface area contributed by atoms with E-state index in [1.165, 1.54) is 22.0 Å². The first-order valence-electron chi connectivity index (χ1n) is 9.49. The van der Waals surface area contributed by atoms with Gasteiger partial charge in [0, 0.05) is 0 Å². The minimum absolute atomic E-state index is 0.00966. The van der Waals surface area contributed by atoms with E-state index in [2.05, 4.69) is 27.1 Å². The molecule has 1 unspecified atom stereocenters. The Morgan fingerprint density at radius 3 is 2.86 bits per heavy atom. The number of aromatic nitrogens is 4. The van der Waals surface area contributed by atoms with Crippen LogP contribution in [0.2, 0.25) is 0 Å². The highest BCUT2D eigenvalue weighted by Crippen LogP contribution is 2.36. The lowest BCUT2D eigenvalue weighted by atomic mass is 10.1. The molecule has 152 valence electrons. The summed E-state index contributed by atoms with van der Waals surface area (Å²) in [4.78, 5) is 12.2. The number of aryl methyl sites for hydroxylation is 1. The molecular formula is C19H22N6O4. The van der Waals surface area contributed by atoms with Gasteiger partial charge in [-0.3, -0.25) is 4.57 Å². The molecule has 5 atom stereocenters. The molecule has 10 heteroatoms. The van der Waals surface area contributed by atoms with Crippen molar-refractivity contribution in [3.63, 3.8) is 0 Å². The van der Waals surface area contributed by atoms with Crippen molar-refractivity contribution in [3.8, 4) is 0 Å². The quantitative estimate of drug-likeness (QED) is 0.486. The average Bonchev–Trinajstić information content (AvgIpc) is 3.38. The van der Waals surface area contributed by atoms with Crippen LogP contribution in [-0.2, 0) is 15.9 Å². The summed E-state index contributed by atoms with van der Waals surface area (Å²) in [5.41, 5.74) is 14.6. The van der Waals surface area contributed by atoms with Gasteiger partial charge in [-0.15, -0.1) is 0 Å². The summed E-state index contributed by atoms with van der Waals surface area (Å²) in [7, 11) is 0. The van der Waals surface area contributed by atoms with E-state index in [4.69, 9.17) is 20.9 Å². The second-order valence-corrected chi connectivity index (χ2v) is 7.40. The van der Waals surface area contributed by atoms with E-state index in [-0.39, 0.29) is 24.5 Å². The van der Waals surface area contributed by atoms with Gasteiger partial charge in [0.05, 0.1) is 19.0 Å². The van der Waals surface area contributed by atoms with Gasteiger partial charge < -0.3 is 31.2 Å². The van der Waals surface area contributed by atoms with Gasteiger partial charge in [-0.25, -0.2) is 4.98 Å². The molecule has 0 radical (unpaired) electrons. The number of fused-ring (bicyclic) bond motifs is 2. The largest absolute Gasteiger partial charge is 0.387 e. The Hall–Kier alpha value is -2.79. The number of ether oxygens (including phenoxy) is 2. The Kier molecular flexibility index (Phi) is 4.36. The van der Waals surface area contributed by atoms with E-state index < -0.39 is 24.5 Å². The van der Waals surface area contributed by atoms with Crippen molar-refractivity contribution in [2.75, 3.05) is 18.1 Å². The number of benzene rings is 1. The molecule has 10 nitrogen and oxygen atoms in total. The predicted octanol–water partition coefficient (Wildman–Crippen LogP) is 0.314. The van der Waals surface area contributed by atoms with Crippen molar-refractivity contribution < 1.29 is 19.7 Å². The molecule has 0 bridgehead atoms. The van der Waals surface area contributed by atoms with Crippen molar-refractivity contribution in [2.45, 2.75) is 43.5 Å². The van der Waals surface area contributed by atoms with Gasteiger partial charge in [0.25, 0.3) is 0 Å². The van der Waals surface area contributed by atoms with Crippen LogP contribution in [0.5, 0.6) is 0 Å². The zero-order valence-corrected chi connectivity index (χ0v) is 15.5. The molecule has 1 aliphatic carbocycles. The van der Waals surface area contributed by atoms with Crippen LogP contribution in [-0.4, -0.2) is 54.7 Å². The Balaban J connectivity index is 1.34. The Morgan fingerprint density at radius 1 is 1.17 bits per heavy atom. The Labute approximate surface area is 166 Å². The third kappa shape index (κ3) is 3.01. The van der Waals surface area contributed by atoms with E-state index in [1.54, 1.807) is 0 Å². The zero-order valence-electron chi connectivity index (χ0n) is 15.5. The summed E-state index contributed by atoms with van der Waals surface area (Å²) in [6.45, 7) is 0.152. The summed E-state index contributed by atoms with van der Waals surface area (Å²) >= 11 is 0. The number of imidazole rings is 1. The lowest BCUT2D eigenvalue weighted by Crippen LogP contribution is -2.34. The molecule has 2 aliphatic rings. The van der Waals surface area contributed by atoms with Crippen molar-refractivity contribution in [1.82, 2.24) is 19.5 Å². The lowest BCUT2D eigenvalue weighted by molar-refractivity contribution is -0.0813. The number of hydrogen-bond acceptors (Lipinski definition) is 9. The van der Waals surface area contributed by atoms with E-state index in [9.17, 15) is 10.2 Å². The fourth-order valence-electron chi connectivity index (χ4n) is 4.14. The standard InChI is InChI=1S/C19H22N6O4/c20-16-13-17(24-19(21)23-16)25(8-22-13)18-15(27)14(26)12(29-18)7-28-11-6-5-9-3-1-2-4-10(9)11/h1-4,8,11-12,14-15,18,26-27H,5-7H2,(H4,20,21,23,24)/t11?,12-,14-,15-,18-/m1/s1. The van der Waals surface area contributed by atoms with E-state index >= 15 is 0 Å². The SMILES string of the molecule is Nc1nc(N)c2ncn([C@@H]3O[C@H](COC4CCc5ccccc54)[C@@H](O)[C@H]3O)c2n1. The molecule has 3 aromatic rings. The summed E-state index contributed by atoms with van der Waals surface area (Å²) in [6, 6.07) is 8.17. The van der Waals surface area contributed by atoms with Crippen LogP contribution in [0, 0.1) is 0 Å². The molecule has 6 N–H and O–H groups in total. The van der Waals surface area contributed by atoms with E-state index in [0.29, 0.717) is 11.2 Å². The molecule has 2 aromatic heterocycles. The predicted molar refractivity (Wildman–Crippen MR) is 104 cm³/mol. The maximum atomic E-state index is 10.6. The molecule has 1 saturated heterocycles. The minimum atomic E-state index is -1.19. The molecule has 0 spiro atoms. The smallest absolute Gasteiger partial charge is 0.224 e. The number of nitrogens with zero attached hydrogens (tertiary/aromatic N) is 4. The zero-order chi connectivity index (χ0) is 20.1. The van der Waals surface area contributed by atoms with Crippen LogP contribution in [0.15, 0.2) is 30.6 Å². The van der Waals surface area contributed by atoms with Crippen molar-refractivity contribution >= 4 is 22.9 Å². The topological polar surface area (TPSA) is 155 Å². The number of nitrogen functional groups attached to an aromatic ring is 2. The minimum Gasteiger partial charge on any atom is -0.387 e. The fraction of sp³-hybridized carbons (Fsp3) is 0.421. The highest BCUT2D eigenvalue weighted by atomic mass is 16.6. The Morgan fingerprint density at radius 2 is 2.00 bits per heavy atom. The summed E-state index contributed by atoms with van der Waals surface area (Å²) < 4.78 is 13.5. The summed E-state index contributed by atoms with van der Waals surface area (Å²) in [5, 5.41) is 21.1. The molecule has 29 heavy (non-hydrogen) atoms. The normalized spacial score (nSPS) is 28.8. The Bertz CT molecular complexity index is 1060. The highest BCUT2D eigenvalue weighted by Gasteiger charge is 2.45. The first-order chi connectivity index (χ1) is 14.0. The van der Waals surface area contributed by atoms with Crippen LogP contribution in [0.25, 0.3) is 11.2 Å². The highest BCUT2D eigenvalue weighted by molar-refractivity contribution is 5.82. The molecule has 0 saturated carbocycles. The fourth-order valence-corrected chi connectivity index (χ4v) is 4.14. The molecule has 3 heterocycles. The van der Waals surface area contributed by atoms with Gasteiger partial charge >= 0.3 is 0 Å². The van der Waals surface area contributed by atoms with E-state index in [0.717, 1.165) is 12.8 Å². The number of aliphatic hydroxyl groups excluding tert-OH is 2. The maximum absolute atomic E-state index is 10.6. The number of aliphatic hydroxyl groups is 2. The van der Waals surface area contributed by atoms with Crippen LogP contribution in [0.4, 0.5) is 11.8 Å². The monoisotopic (exact) mass is 398 g/mol. The first-order valence-corrected chi connectivity index (χ1v) is 9.49. The molecule has 1 aromatic carbocycles. The van der Waals surface area contributed by atoms with Crippen LogP contribution in [0.3, 0.4) is 0 Å². The lowest BCUT2D eigenvalue weighted by Gasteiger charge is -2.19. The third-order valence-electron chi connectivity index (χ3n) is 5.62. The number of hydrogen-bond donors (Lipinski definition) is 4. The van der Waals surface area contributed by atoms with Crippen molar-refractivity contribution in [3.05, 3.63) is 41.7 Å². The second kappa shape index (κ2) is 6.92. The summed E-state index contributed by atoms with van der Waals surface area (Å²) in [6.07, 6.45) is -0.657. The van der Waals surface area contributed by atoms with Gasteiger partial charge in [-0.05, 0) is 24.0 Å². The molecular weight excluding hydrogens is 376 g/mol. The van der Waals surface area contributed by atoms with Crippen LogP contribution < -0.4 is 11.5 Å². The van der Waals surface area contributed by atoms with E-state index in [1.807, 2.05) is 12.1 Å². The maximum Gasteiger partial charge on any atom is 0.224 e. The van der Waals surface area contributed by atoms with Crippen LogP contribution in [0.1, 0.15) is 29.9 Å².